The quantitative estimate of drug-likeness (QED) is 0.368. The third kappa shape index (κ3) is 9.35. The molecule has 0 saturated carbocycles. The van der Waals surface area contributed by atoms with Crippen LogP contribution in [0.25, 0.3) is 0 Å². The Morgan fingerprint density at radius 3 is 1.87 bits per heavy atom. The first-order valence-corrected chi connectivity index (χ1v) is 7.18. The molecule has 2 unspecified atom stereocenters. The molecule has 0 spiro atoms. The molecule has 9 heteroatoms. The standard InChI is InChI=1S/C14H23N3O6/c1-8(18)3-4-10(9(2)19)16-12(20)6-5-11(14(22)23)17-13(21)7-15/h10-11H,3-7,15H2,1-2H3,(H,16,20)(H,17,21)(H,22,23). The number of carbonyl (C=O) groups is 5. The van der Waals surface area contributed by atoms with Gasteiger partial charge in [0.05, 0.1) is 12.6 Å². The molecule has 0 aliphatic carbocycles. The van der Waals surface area contributed by atoms with E-state index in [0.717, 1.165) is 0 Å². The fourth-order valence-corrected chi connectivity index (χ4v) is 1.78. The summed E-state index contributed by atoms with van der Waals surface area (Å²) in [5.41, 5.74) is 5.08. The van der Waals surface area contributed by atoms with Gasteiger partial charge in [0.1, 0.15) is 11.8 Å². The molecule has 0 radical (unpaired) electrons. The highest BCUT2D eigenvalue weighted by Crippen LogP contribution is 2.03. The van der Waals surface area contributed by atoms with Crippen molar-refractivity contribution in [2.45, 2.75) is 51.6 Å². The number of rotatable bonds is 11. The van der Waals surface area contributed by atoms with Gasteiger partial charge in [-0.15, -0.1) is 0 Å². The monoisotopic (exact) mass is 329 g/mol. The Hall–Kier alpha value is -2.29. The fraction of sp³-hybridized carbons (Fsp3) is 0.643. The van der Waals surface area contributed by atoms with Gasteiger partial charge in [0.2, 0.25) is 11.8 Å². The van der Waals surface area contributed by atoms with Crippen LogP contribution in [-0.4, -0.2) is 53.1 Å². The van der Waals surface area contributed by atoms with Crippen LogP contribution in [0.2, 0.25) is 0 Å². The van der Waals surface area contributed by atoms with E-state index < -0.39 is 29.9 Å². The number of nitrogens with two attached hydrogens (primary N) is 1. The van der Waals surface area contributed by atoms with E-state index >= 15 is 0 Å². The topological polar surface area (TPSA) is 156 Å². The Kier molecular flexibility index (Phi) is 9.40. The van der Waals surface area contributed by atoms with Crippen molar-refractivity contribution in [3.8, 4) is 0 Å². The Bertz CT molecular complexity index is 477. The lowest BCUT2D eigenvalue weighted by atomic mass is 10.1. The lowest BCUT2D eigenvalue weighted by Gasteiger charge is -2.17. The molecule has 9 nitrogen and oxygen atoms in total. The van der Waals surface area contributed by atoms with E-state index in [0.29, 0.717) is 0 Å². The van der Waals surface area contributed by atoms with Crippen LogP contribution in [0.15, 0.2) is 0 Å². The smallest absolute Gasteiger partial charge is 0.326 e. The maximum Gasteiger partial charge on any atom is 0.326 e. The van der Waals surface area contributed by atoms with Gasteiger partial charge in [-0.25, -0.2) is 4.79 Å². The summed E-state index contributed by atoms with van der Waals surface area (Å²) in [6, 6.07) is -2.02. The summed E-state index contributed by atoms with van der Waals surface area (Å²) >= 11 is 0. The number of hydrogen-bond acceptors (Lipinski definition) is 6. The third-order valence-electron chi connectivity index (χ3n) is 3.09. The molecule has 130 valence electrons. The molecule has 2 amide bonds. The molecule has 23 heavy (non-hydrogen) atoms. The summed E-state index contributed by atoms with van der Waals surface area (Å²) in [6.45, 7) is 2.33. The van der Waals surface area contributed by atoms with E-state index in [2.05, 4.69) is 10.6 Å². The summed E-state index contributed by atoms with van der Waals surface area (Å²) in [7, 11) is 0. The van der Waals surface area contributed by atoms with Crippen molar-refractivity contribution in [3.63, 3.8) is 0 Å². The summed E-state index contributed by atoms with van der Waals surface area (Å²) in [5, 5.41) is 13.6. The van der Waals surface area contributed by atoms with Gasteiger partial charge in [-0.3, -0.25) is 14.4 Å². The van der Waals surface area contributed by atoms with Gasteiger partial charge in [-0.05, 0) is 26.7 Å². The molecule has 0 fully saturated rings. The van der Waals surface area contributed by atoms with Crippen LogP contribution < -0.4 is 16.4 Å². The molecular weight excluding hydrogens is 306 g/mol. The minimum absolute atomic E-state index is 0.0964. The molecule has 0 bridgehead atoms. The van der Waals surface area contributed by atoms with Gasteiger partial charge in [-0.1, -0.05) is 0 Å². The van der Waals surface area contributed by atoms with Gasteiger partial charge in [-0.2, -0.15) is 0 Å². The van der Waals surface area contributed by atoms with Gasteiger partial charge < -0.3 is 26.3 Å². The Balaban J connectivity index is 4.48. The Labute approximate surface area is 134 Å². The van der Waals surface area contributed by atoms with Crippen molar-refractivity contribution in [1.82, 2.24) is 10.6 Å². The Morgan fingerprint density at radius 2 is 1.43 bits per heavy atom. The second kappa shape index (κ2) is 10.4. The van der Waals surface area contributed by atoms with Crippen molar-refractivity contribution in [1.29, 1.82) is 0 Å². The summed E-state index contributed by atoms with van der Waals surface area (Å²) < 4.78 is 0. The second-order valence-electron chi connectivity index (χ2n) is 5.17. The highest BCUT2D eigenvalue weighted by molar-refractivity contribution is 5.89. The van der Waals surface area contributed by atoms with Crippen LogP contribution in [0.1, 0.15) is 39.5 Å². The van der Waals surface area contributed by atoms with Gasteiger partial charge in [0.15, 0.2) is 5.78 Å². The van der Waals surface area contributed by atoms with Crippen LogP contribution >= 0.6 is 0 Å². The van der Waals surface area contributed by atoms with Crippen molar-refractivity contribution in [2.75, 3.05) is 6.54 Å². The van der Waals surface area contributed by atoms with Crippen LogP contribution in [0.4, 0.5) is 0 Å². The molecule has 0 aromatic heterocycles. The summed E-state index contributed by atoms with van der Waals surface area (Å²) in [4.78, 5) is 56.3. The molecule has 0 aromatic carbocycles. The number of amides is 2. The zero-order valence-electron chi connectivity index (χ0n) is 13.3. The predicted octanol–water partition coefficient (Wildman–Crippen LogP) is -1.26. The van der Waals surface area contributed by atoms with Crippen LogP contribution in [0, 0.1) is 0 Å². The molecule has 0 aliphatic rings. The third-order valence-corrected chi connectivity index (χ3v) is 3.09. The van der Waals surface area contributed by atoms with Gasteiger partial charge >= 0.3 is 5.97 Å². The molecule has 0 aliphatic heterocycles. The first-order valence-electron chi connectivity index (χ1n) is 7.18. The van der Waals surface area contributed by atoms with E-state index in [1.54, 1.807) is 0 Å². The first-order chi connectivity index (χ1) is 10.7. The van der Waals surface area contributed by atoms with E-state index in [9.17, 15) is 24.0 Å². The number of nitrogens with one attached hydrogen (secondary N) is 2. The van der Waals surface area contributed by atoms with Crippen LogP contribution in [0.5, 0.6) is 0 Å². The minimum Gasteiger partial charge on any atom is -0.480 e. The maximum atomic E-state index is 11.8. The zero-order chi connectivity index (χ0) is 18.0. The highest BCUT2D eigenvalue weighted by atomic mass is 16.4. The van der Waals surface area contributed by atoms with Crippen LogP contribution in [-0.2, 0) is 24.0 Å². The lowest BCUT2D eigenvalue weighted by Crippen LogP contribution is -2.45. The number of carboxylic acid groups (broad SMARTS) is 1. The van der Waals surface area contributed by atoms with Crippen molar-refractivity contribution in [2.24, 2.45) is 5.73 Å². The molecule has 0 rings (SSSR count). The summed E-state index contributed by atoms with van der Waals surface area (Å²) in [6.07, 6.45) is 0.0351. The molecular formula is C14H23N3O6. The average Bonchev–Trinajstić information content (AvgIpc) is 2.46. The van der Waals surface area contributed by atoms with E-state index in [1.165, 1.54) is 13.8 Å². The molecule has 0 aromatic rings. The highest BCUT2D eigenvalue weighted by Gasteiger charge is 2.22. The van der Waals surface area contributed by atoms with E-state index in [-0.39, 0.29) is 43.8 Å². The summed E-state index contributed by atoms with van der Waals surface area (Å²) in [5.74, 6) is -2.83. The number of carbonyl (C=O) groups excluding carboxylic acids is 4. The lowest BCUT2D eigenvalue weighted by molar-refractivity contribution is -0.142. The Morgan fingerprint density at radius 1 is 0.913 bits per heavy atom. The zero-order valence-corrected chi connectivity index (χ0v) is 13.3. The largest absolute Gasteiger partial charge is 0.480 e. The normalized spacial score (nSPS) is 12.8. The van der Waals surface area contributed by atoms with Gasteiger partial charge in [0, 0.05) is 12.8 Å². The first kappa shape index (κ1) is 20.7. The fourth-order valence-electron chi connectivity index (χ4n) is 1.78. The minimum atomic E-state index is -1.28. The molecule has 0 saturated heterocycles. The van der Waals surface area contributed by atoms with Crippen molar-refractivity contribution >= 4 is 29.4 Å². The average molecular weight is 329 g/mol. The molecule has 2 atom stereocenters. The van der Waals surface area contributed by atoms with Gasteiger partial charge in [0.25, 0.3) is 0 Å². The number of ketones is 2. The molecule has 0 heterocycles. The van der Waals surface area contributed by atoms with Crippen LogP contribution in [0.3, 0.4) is 0 Å². The SMILES string of the molecule is CC(=O)CCC(NC(=O)CCC(NC(=O)CN)C(=O)O)C(C)=O. The predicted molar refractivity (Wildman–Crippen MR) is 80.4 cm³/mol. The van der Waals surface area contributed by atoms with E-state index in [4.69, 9.17) is 10.8 Å². The number of carboxylic acids is 1. The second-order valence-corrected chi connectivity index (χ2v) is 5.17. The molecule has 5 N–H and O–H groups in total. The van der Waals surface area contributed by atoms with Crippen molar-refractivity contribution < 1.29 is 29.1 Å². The van der Waals surface area contributed by atoms with Crippen molar-refractivity contribution in [3.05, 3.63) is 0 Å². The number of aliphatic carboxylic acids is 1. The van der Waals surface area contributed by atoms with E-state index in [1.807, 2.05) is 0 Å². The number of hydrogen-bond donors (Lipinski definition) is 4. The maximum absolute atomic E-state index is 11.8. The number of Topliss-reactive ketones (excluding diaryl/α,β-unsaturated/α-hetero) is 2.